The predicted octanol–water partition coefficient (Wildman–Crippen LogP) is 3.04. The van der Waals surface area contributed by atoms with Gasteiger partial charge >= 0.3 is 0 Å². The van der Waals surface area contributed by atoms with Gasteiger partial charge in [-0.1, -0.05) is 24.3 Å². The minimum absolute atomic E-state index is 0.0499. The number of nitrogens with one attached hydrogen (secondary N) is 2. The van der Waals surface area contributed by atoms with Gasteiger partial charge in [0.1, 0.15) is 11.5 Å². The number of hydrogen-bond acceptors (Lipinski definition) is 5. The maximum absolute atomic E-state index is 13.5. The zero-order valence-electron chi connectivity index (χ0n) is 18.6. The predicted molar refractivity (Wildman–Crippen MR) is 122 cm³/mol. The van der Waals surface area contributed by atoms with E-state index in [1.807, 2.05) is 48.5 Å². The molecule has 33 heavy (non-hydrogen) atoms. The molecule has 1 aromatic heterocycles. The number of aryl methyl sites for hydroxylation is 1. The number of aromatic amines is 1. The number of benzene rings is 2. The molecule has 2 N–H and O–H groups in total. The number of ether oxygens (including phenoxy) is 1. The first-order chi connectivity index (χ1) is 16.0. The third-order valence-electron chi connectivity index (χ3n) is 6.69. The van der Waals surface area contributed by atoms with E-state index in [1.165, 1.54) is 0 Å². The second-order valence-electron chi connectivity index (χ2n) is 8.91. The molecule has 0 atom stereocenters. The molecule has 0 unspecified atom stereocenters. The number of nitrogens with zero attached hydrogens (tertiary/aromatic N) is 3. The van der Waals surface area contributed by atoms with Crippen molar-refractivity contribution in [2.24, 2.45) is 5.41 Å². The first kappa shape index (κ1) is 21.2. The third kappa shape index (κ3) is 4.33. The average Bonchev–Trinajstić information content (AvgIpc) is 3.25. The molecular formula is C25H27N5O3. The van der Waals surface area contributed by atoms with Crippen molar-refractivity contribution in [1.29, 1.82) is 0 Å². The molecule has 0 saturated carbocycles. The molecule has 1 saturated heterocycles. The van der Waals surface area contributed by atoms with E-state index in [0.717, 1.165) is 29.0 Å². The van der Waals surface area contributed by atoms with E-state index < -0.39 is 5.41 Å². The molecule has 2 aromatic carbocycles. The van der Waals surface area contributed by atoms with Crippen LogP contribution in [0.4, 0.5) is 0 Å². The summed E-state index contributed by atoms with van der Waals surface area (Å²) in [5.74, 6) is 1.46. The third-order valence-corrected chi connectivity index (χ3v) is 6.69. The van der Waals surface area contributed by atoms with Crippen LogP contribution in [0.15, 0.2) is 48.5 Å². The largest absolute Gasteiger partial charge is 0.457 e. The molecule has 8 nitrogen and oxygen atoms in total. The van der Waals surface area contributed by atoms with Crippen molar-refractivity contribution in [3.05, 3.63) is 71.0 Å². The van der Waals surface area contributed by atoms with Crippen LogP contribution in [-0.2, 0) is 17.6 Å². The van der Waals surface area contributed by atoms with Crippen LogP contribution in [0, 0.1) is 12.3 Å². The molecule has 2 aliphatic rings. The molecule has 170 valence electrons. The van der Waals surface area contributed by atoms with E-state index >= 15 is 0 Å². The molecule has 2 amide bonds. The van der Waals surface area contributed by atoms with E-state index in [-0.39, 0.29) is 11.8 Å². The molecule has 5 rings (SSSR count). The van der Waals surface area contributed by atoms with Gasteiger partial charge in [0, 0.05) is 19.6 Å². The molecular weight excluding hydrogens is 418 g/mol. The number of rotatable bonds is 1. The topological polar surface area (TPSA) is 100 Å². The van der Waals surface area contributed by atoms with Crippen molar-refractivity contribution < 1.29 is 14.3 Å². The van der Waals surface area contributed by atoms with Gasteiger partial charge in [-0.05, 0) is 68.0 Å². The van der Waals surface area contributed by atoms with Gasteiger partial charge in [-0.2, -0.15) is 15.4 Å². The highest BCUT2D eigenvalue weighted by Gasteiger charge is 2.42. The monoisotopic (exact) mass is 445 g/mol. The number of carbonyl (C=O) groups is 2. The molecule has 2 aliphatic heterocycles. The van der Waals surface area contributed by atoms with Gasteiger partial charge in [0.2, 0.25) is 5.91 Å². The summed E-state index contributed by atoms with van der Waals surface area (Å²) in [5.41, 5.74) is 2.50. The van der Waals surface area contributed by atoms with Crippen LogP contribution in [0.25, 0.3) is 0 Å². The summed E-state index contributed by atoms with van der Waals surface area (Å²) in [6.07, 6.45) is 2.49. The fraction of sp³-hybridized carbons (Fsp3) is 0.360. The summed E-state index contributed by atoms with van der Waals surface area (Å²) in [7, 11) is 0. The molecule has 0 radical (unpaired) electrons. The lowest BCUT2D eigenvalue weighted by Gasteiger charge is -2.40. The van der Waals surface area contributed by atoms with Gasteiger partial charge in [-0.15, -0.1) is 0 Å². The number of H-pyrrole nitrogens is 1. The van der Waals surface area contributed by atoms with Gasteiger partial charge in [0.05, 0.1) is 11.1 Å². The normalized spacial score (nSPS) is 17.8. The Bertz CT molecular complexity index is 1180. The number of fused-ring (bicyclic) bond motifs is 4. The Morgan fingerprint density at radius 3 is 2.42 bits per heavy atom. The molecule has 1 fully saturated rings. The second kappa shape index (κ2) is 8.69. The highest BCUT2D eigenvalue weighted by molar-refractivity contribution is 5.93. The van der Waals surface area contributed by atoms with Crippen LogP contribution >= 0.6 is 0 Å². The summed E-state index contributed by atoms with van der Waals surface area (Å²) in [4.78, 5) is 28.2. The van der Waals surface area contributed by atoms with Crippen molar-refractivity contribution in [2.75, 3.05) is 19.6 Å². The van der Waals surface area contributed by atoms with Crippen LogP contribution in [0.1, 0.15) is 40.2 Å². The molecule has 1 spiro atoms. The maximum Gasteiger partial charge on any atom is 0.276 e. The van der Waals surface area contributed by atoms with Crippen LogP contribution in [0.2, 0.25) is 0 Å². The van der Waals surface area contributed by atoms with E-state index in [0.29, 0.717) is 50.3 Å². The zero-order chi connectivity index (χ0) is 22.8. The van der Waals surface area contributed by atoms with Gasteiger partial charge < -0.3 is 15.0 Å². The number of hydrogen-bond donors (Lipinski definition) is 2. The Kier molecular flexibility index (Phi) is 5.58. The number of carbonyl (C=O) groups excluding carboxylic acids is 2. The maximum atomic E-state index is 13.5. The van der Waals surface area contributed by atoms with Gasteiger partial charge in [0.25, 0.3) is 5.91 Å². The summed E-state index contributed by atoms with van der Waals surface area (Å²) in [6.45, 7) is 3.31. The molecule has 3 aromatic rings. The Hall–Kier alpha value is -3.68. The Labute approximate surface area is 192 Å². The van der Waals surface area contributed by atoms with Gasteiger partial charge in [0.15, 0.2) is 5.69 Å². The van der Waals surface area contributed by atoms with Gasteiger partial charge in [-0.3, -0.25) is 9.59 Å². The fourth-order valence-electron chi connectivity index (χ4n) is 4.78. The van der Waals surface area contributed by atoms with E-state index in [4.69, 9.17) is 4.74 Å². The van der Waals surface area contributed by atoms with Crippen molar-refractivity contribution in [1.82, 2.24) is 25.6 Å². The Balaban J connectivity index is 1.40. The smallest absolute Gasteiger partial charge is 0.276 e. The quantitative estimate of drug-likeness (QED) is 0.600. The zero-order valence-corrected chi connectivity index (χ0v) is 18.6. The highest BCUT2D eigenvalue weighted by Crippen LogP contribution is 2.37. The van der Waals surface area contributed by atoms with Gasteiger partial charge in [-0.25, -0.2) is 0 Å². The summed E-state index contributed by atoms with van der Waals surface area (Å²) < 4.78 is 6.10. The van der Waals surface area contributed by atoms with Crippen LogP contribution < -0.4 is 10.1 Å². The minimum Gasteiger partial charge on any atom is -0.457 e. The van der Waals surface area contributed by atoms with Crippen LogP contribution in [0.3, 0.4) is 0 Å². The van der Waals surface area contributed by atoms with E-state index in [9.17, 15) is 9.59 Å². The molecule has 8 heteroatoms. The summed E-state index contributed by atoms with van der Waals surface area (Å²) in [5, 5.41) is 13.6. The van der Waals surface area contributed by atoms with Crippen molar-refractivity contribution in [2.45, 2.75) is 32.6 Å². The van der Waals surface area contributed by atoms with E-state index in [2.05, 4.69) is 20.7 Å². The highest BCUT2D eigenvalue weighted by atomic mass is 16.5. The fourth-order valence-corrected chi connectivity index (χ4v) is 4.78. The molecule has 4 bridgehead atoms. The average molecular weight is 446 g/mol. The lowest BCUT2D eigenvalue weighted by atomic mass is 9.72. The molecule has 0 aliphatic carbocycles. The van der Waals surface area contributed by atoms with Crippen molar-refractivity contribution in [3.8, 4) is 11.5 Å². The molecule has 3 heterocycles. The first-order valence-electron chi connectivity index (χ1n) is 11.3. The SMILES string of the molecule is Cc1n[nH]nc1C(=O)N1CCC2(CC1)Cc1cccc(c1)Oc1cccc(c1)CCNC2=O. The number of likely N-dealkylation sites (tertiary alicyclic amines) is 1. The Morgan fingerprint density at radius 2 is 1.73 bits per heavy atom. The van der Waals surface area contributed by atoms with Crippen LogP contribution in [0.5, 0.6) is 11.5 Å². The van der Waals surface area contributed by atoms with E-state index in [1.54, 1.807) is 11.8 Å². The second-order valence-corrected chi connectivity index (χ2v) is 8.91. The summed E-state index contributed by atoms with van der Waals surface area (Å²) >= 11 is 0. The Morgan fingerprint density at radius 1 is 1.03 bits per heavy atom. The first-order valence-corrected chi connectivity index (χ1v) is 11.3. The van der Waals surface area contributed by atoms with Crippen molar-refractivity contribution in [3.63, 3.8) is 0 Å². The number of aromatic nitrogens is 3. The number of piperidine rings is 1. The minimum atomic E-state index is -0.582. The summed E-state index contributed by atoms with van der Waals surface area (Å²) in [6, 6.07) is 15.9. The van der Waals surface area contributed by atoms with Crippen LogP contribution in [-0.4, -0.2) is 51.8 Å². The standard InChI is InChI=1S/C25H27N5O3/c1-17-22(28-29-27-17)23(31)30-12-9-25(10-13-30)16-19-5-3-7-21(15-19)33-20-6-2-4-18(14-20)8-11-26-24(25)32/h2-7,14-15H,8-13,16H2,1H3,(H,26,32)(H,27,28,29). The lowest BCUT2D eigenvalue weighted by Crippen LogP contribution is -2.51. The lowest BCUT2D eigenvalue weighted by molar-refractivity contribution is -0.133. The van der Waals surface area contributed by atoms with Crippen molar-refractivity contribution >= 4 is 11.8 Å². The number of amides is 2.